The van der Waals surface area contributed by atoms with E-state index in [0.29, 0.717) is 15.5 Å². The number of hydrogen-bond acceptors (Lipinski definition) is 5. The van der Waals surface area contributed by atoms with Crippen molar-refractivity contribution in [3.05, 3.63) is 95.2 Å². The average Bonchev–Trinajstić information content (AvgIpc) is 3.23. The third-order valence-electron chi connectivity index (χ3n) is 5.29. The molecule has 0 fully saturated rings. The quantitative estimate of drug-likeness (QED) is 0.251. The number of hydrogen-bond donors (Lipinski definition) is 1. The summed E-state index contributed by atoms with van der Waals surface area (Å²) >= 11 is 4.14. The minimum Gasteiger partial charge on any atom is -0.323 e. The molecule has 5 rings (SSSR count). The van der Waals surface area contributed by atoms with Crippen molar-refractivity contribution in [1.82, 2.24) is 8.96 Å². The van der Waals surface area contributed by atoms with Gasteiger partial charge in [0.05, 0.1) is 27.4 Å². The third kappa shape index (κ3) is 4.69. The maximum atomic E-state index is 14.1. The number of para-hydroxylation sites is 2. The fourth-order valence-electron chi connectivity index (χ4n) is 3.65. The lowest BCUT2D eigenvalue weighted by Crippen LogP contribution is -2.17. The van der Waals surface area contributed by atoms with Gasteiger partial charge in [-0.1, -0.05) is 70.2 Å². The van der Waals surface area contributed by atoms with Crippen LogP contribution in [0.3, 0.4) is 0 Å². The van der Waals surface area contributed by atoms with E-state index in [9.17, 15) is 17.6 Å². The summed E-state index contributed by atoms with van der Waals surface area (Å²) in [5, 5.41) is 4.37. The fraction of sp³-hybridized carbons (Fsp3) is 0.0400. The standard InChI is InChI=1S/C25H17BrFN3O3S2/c26-18-10-12-21(20(27)14-18)28-24(31)15-34-25-29-22-7-3-4-8-23(22)30(25)35(32,33)19-11-9-16-5-1-2-6-17(16)13-19/h1-14H,15H2,(H,28,31). The van der Waals surface area contributed by atoms with Crippen LogP contribution in [-0.2, 0) is 14.8 Å². The van der Waals surface area contributed by atoms with E-state index in [0.717, 1.165) is 26.5 Å². The Morgan fingerprint density at radius 2 is 1.71 bits per heavy atom. The molecule has 1 amide bonds. The fourth-order valence-corrected chi connectivity index (χ4v) is 6.53. The van der Waals surface area contributed by atoms with E-state index >= 15 is 0 Å². The molecule has 0 aliphatic heterocycles. The molecule has 0 unspecified atom stereocenters. The Morgan fingerprint density at radius 1 is 0.971 bits per heavy atom. The molecule has 0 aliphatic carbocycles. The number of benzene rings is 4. The maximum absolute atomic E-state index is 14.1. The molecule has 1 N–H and O–H groups in total. The van der Waals surface area contributed by atoms with Crippen LogP contribution >= 0.6 is 27.7 Å². The molecule has 1 heterocycles. The van der Waals surface area contributed by atoms with Gasteiger partial charge in [0, 0.05) is 4.47 Å². The Bertz CT molecular complexity index is 1700. The summed E-state index contributed by atoms with van der Waals surface area (Å²) in [6.45, 7) is 0. The van der Waals surface area contributed by atoms with Crippen molar-refractivity contribution in [2.24, 2.45) is 0 Å². The van der Waals surface area contributed by atoms with Gasteiger partial charge in [0.15, 0.2) is 5.16 Å². The van der Waals surface area contributed by atoms with Crippen molar-refractivity contribution in [2.75, 3.05) is 11.1 Å². The molecule has 0 saturated heterocycles. The summed E-state index contributed by atoms with van der Waals surface area (Å²) in [6, 6.07) is 23.6. The van der Waals surface area contributed by atoms with Crippen LogP contribution < -0.4 is 5.32 Å². The van der Waals surface area contributed by atoms with Crippen LogP contribution in [0.1, 0.15) is 0 Å². The van der Waals surface area contributed by atoms with Gasteiger partial charge in [-0.05, 0) is 53.2 Å². The first-order chi connectivity index (χ1) is 16.8. The molecular weight excluding hydrogens is 553 g/mol. The molecule has 35 heavy (non-hydrogen) atoms. The van der Waals surface area contributed by atoms with Crippen molar-refractivity contribution in [2.45, 2.75) is 10.1 Å². The highest BCUT2D eigenvalue weighted by Gasteiger charge is 2.25. The van der Waals surface area contributed by atoms with Crippen LogP contribution in [0, 0.1) is 5.82 Å². The Kier molecular flexibility index (Phi) is 6.35. The van der Waals surface area contributed by atoms with E-state index < -0.39 is 21.7 Å². The predicted molar refractivity (Wildman–Crippen MR) is 140 cm³/mol. The topological polar surface area (TPSA) is 81.1 Å². The van der Waals surface area contributed by atoms with Crippen LogP contribution in [-0.4, -0.2) is 29.0 Å². The Balaban J connectivity index is 1.49. The molecule has 4 aromatic carbocycles. The predicted octanol–water partition coefficient (Wildman–Crippen LogP) is 6.06. The molecular formula is C25H17BrFN3O3S2. The number of halogens is 2. The number of nitrogens with one attached hydrogen (secondary N) is 1. The minimum atomic E-state index is -4.03. The van der Waals surface area contributed by atoms with Crippen molar-refractivity contribution >= 4 is 71.1 Å². The number of carbonyl (C=O) groups excluding carboxylic acids is 1. The molecule has 10 heteroatoms. The van der Waals surface area contributed by atoms with Crippen LogP contribution in [0.5, 0.6) is 0 Å². The Labute approximate surface area is 213 Å². The number of carbonyl (C=O) groups is 1. The van der Waals surface area contributed by atoms with Gasteiger partial charge in [-0.15, -0.1) is 0 Å². The zero-order chi connectivity index (χ0) is 24.6. The van der Waals surface area contributed by atoms with Crippen molar-refractivity contribution in [3.63, 3.8) is 0 Å². The molecule has 0 spiro atoms. The maximum Gasteiger partial charge on any atom is 0.270 e. The summed E-state index contributed by atoms with van der Waals surface area (Å²) in [6.07, 6.45) is 0. The number of anilines is 1. The Morgan fingerprint density at radius 3 is 2.51 bits per heavy atom. The molecule has 176 valence electrons. The molecule has 0 radical (unpaired) electrons. The minimum absolute atomic E-state index is 0.0380. The highest BCUT2D eigenvalue weighted by atomic mass is 79.9. The third-order valence-corrected chi connectivity index (χ3v) is 8.53. The normalized spacial score (nSPS) is 11.7. The van der Waals surface area contributed by atoms with Crippen LogP contribution in [0.15, 0.2) is 99.5 Å². The van der Waals surface area contributed by atoms with Crippen molar-refractivity contribution in [1.29, 1.82) is 0 Å². The average molecular weight is 570 g/mol. The van der Waals surface area contributed by atoms with Gasteiger partial charge in [-0.25, -0.2) is 21.8 Å². The lowest BCUT2D eigenvalue weighted by Gasteiger charge is -2.11. The summed E-state index contributed by atoms with van der Waals surface area (Å²) < 4.78 is 43.3. The smallest absolute Gasteiger partial charge is 0.270 e. The molecule has 0 atom stereocenters. The first-order valence-corrected chi connectivity index (χ1v) is 13.6. The zero-order valence-corrected chi connectivity index (χ0v) is 21.2. The molecule has 0 aliphatic rings. The van der Waals surface area contributed by atoms with Gasteiger partial charge >= 0.3 is 0 Å². The van der Waals surface area contributed by atoms with E-state index in [2.05, 4.69) is 26.2 Å². The van der Waals surface area contributed by atoms with Crippen LogP contribution in [0.2, 0.25) is 0 Å². The number of thioether (sulfide) groups is 1. The lowest BCUT2D eigenvalue weighted by atomic mass is 10.1. The molecule has 5 aromatic rings. The van der Waals surface area contributed by atoms with Gasteiger partial charge in [-0.3, -0.25) is 4.79 Å². The first-order valence-electron chi connectivity index (χ1n) is 10.4. The zero-order valence-electron chi connectivity index (χ0n) is 18.0. The highest BCUT2D eigenvalue weighted by Crippen LogP contribution is 2.30. The number of amides is 1. The van der Waals surface area contributed by atoms with Crippen molar-refractivity contribution in [3.8, 4) is 0 Å². The van der Waals surface area contributed by atoms with Gasteiger partial charge < -0.3 is 5.32 Å². The van der Waals surface area contributed by atoms with E-state index in [-0.39, 0.29) is 21.5 Å². The second kappa shape index (κ2) is 9.44. The highest BCUT2D eigenvalue weighted by molar-refractivity contribution is 9.10. The van der Waals surface area contributed by atoms with Crippen LogP contribution in [0.4, 0.5) is 10.1 Å². The number of imidazole rings is 1. The van der Waals surface area contributed by atoms with E-state index in [1.807, 2.05) is 24.3 Å². The van der Waals surface area contributed by atoms with Crippen LogP contribution in [0.25, 0.3) is 21.8 Å². The summed E-state index contributed by atoms with van der Waals surface area (Å²) in [5.74, 6) is -1.23. The number of aromatic nitrogens is 2. The molecule has 1 aromatic heterocycles. The lowest BCUT2D eigenvalue weighted by molar-refractivity contribution is -0.113. The van der Waals surface area contributed by atoms with Gasteiger partial charge in [0.1, 0.15) is 5.82 Å². The number of rotatable bonds is 6. The second-order valence-electron chi connectivity index (χ2n) is 7.62. The SMILES string of the molecule is O=C(CSc1nc2ccccc2n1S(=O)(=O)c1ccc2ccccc2c1)Nc1ccc(Br)cc1F. The van der Waals surface area contributed by atoms with Gasteiger partial charge in [0.25, 0.3) is 10.0 Å². The van der Waals surface area contributed by atoms with Gasteiger partial charge in [-0.2, -0.15) is 0 Å². The number of fused-ring (bicyclic) bond motifs is 2. The summed E-state index contributed by atoms with van der Waals surface area (Å²) in [7, 11) is -4.03. The van der Waals surface area contributed by atoms with E-state index in [1.165, 1.54) is 12.1 Å². The summed E-state index contributed by atoms with van der Waals surface area (Å²) in [4.78, 5) is 17.1. The van der Waals surface area contributed by atoms with Gasteiger partial charge in [0.2, 0.25) is 5.91 Å². The first kappa shape index (κ1) is 23.5. The molecule has 0 saturated carbocycles. The summed E-state index contributed by atoms with van der Waals surface area (Å²) in [5.41, 5.74) is 0.928. The largest absolute Gasteiger partial charge is 0.323 e. The Hall–Kier alpha value is -3.21. The van der Waals surface area contributed by atoms with E-state index in [1.54, 1.807) is 48.5 Å². The molecule has 6 nitrogen and oxygen atoms in total. The van der Waals surface area contributed by atoms with Crippen molar-refractivity contribution < 1.29 is 17.6 Å². The molecule has 0 bridgehead atoms. The second-order valence-corrected chi connectivity index (χ2v) is 11.3. The number of nitrogens with zero attached hydrogens (tertiary/aromatic N) is 2. The van der Waals surface area contributed by atoms with E-state index in [4.69, 9.17) is 0 Å². The monoisotopic (exact) mass is 569 g/mol.